The summed E-state index contributed by atoms with van der Waals surface area (Å²) in [5.74, 6) is -2.52. The number of rotatable bonds is 4. The van der Waals surface area contributed by atoms with Crippen LogP contribution in [0.2, 0.25) is 0 Å². The highest BCUT2D eigenvalue weighted by Crippen LogP contribution is 2.18. The van der Waals surface area contributed by atoms with Gasteiger partial charge in [0, 0.05) is 24.5 Å². The smallest absolute Gasteiger partial charge is 0.257 e. The maximum Gasteiger partial charge on any atom is 0.257 e. The Morgan fingerprint density at radius 1 is 0.926 bits per heavy atom. The molecule has 1 aliphatic carbocycles. The van der Waals surface area contributed by atoms with Gasteiger partial charge >= 0.3 is 0 Å². The first-order valence-electron chi connectivity index (χ1n) is 9.05. The third-order valence-corrected chi connectivity index (χ3v) is 4.63. The van der Waals surface area contributed by atoms with Crippen molar-refractivity contribution in [1.29, 1.82) is 0 Å². The van der Waals surface area contributed by atoms with Crippen LogP contribution in [-0.4, -0.2) is 22.8 Å². The number of aromatic nitrogens is 1. The van der Waals surface area contributed by atoms with Gasteiger partial charge in [-0.3, -0.25) is 14.6 Å². The zero-order valence-corrected chi connectivity index (χ0v) is 14.8. The topological polar surface area (TPSA) is 71.1 Å². The molecule has 1 heterocycles. The van der Waals surface area contributed by atoms with Gasteiger partial charge in [0.15, 0.2) is 0 Å². The standard InChI is InChI=1S/C20H21F2N3O2/c21-15-7-8-18(17(22)10-15)25-20(27)14-9-13(11-23-12-14)19(26)24-16-5-3-1-2-4-6-16/h7-12,16H,1-6H2,(H,24,26)(H,25,27). The van der Waals surface area contributed by atoms with Crippen LogP contribution < -0.4 is 10.6 Å². The van der Waals surface area contributed by atoms with Gasteiger partial charge in [-0.1, -0.05) is 25.7 Å². The summed E-state index contributed by atoms with van der Waals surface area (Å²) < 4.78 is 26.7. The molecule has 0 unspecified atom stereocenters. The number of amides is 2. The second-order valence-electron chi connectivity index (χ2n) is 6.70. The average molecular weight is 373 g/mol. The number of hydrogen-bond acceptors (Lipinski definition) is 3. The predicted octanol–water partition coefficient (Wildman–Crippen LogP) is 4.06. The van der Waals surface area contributed by atoms with Crippen LogP contribution in [0.3, 0.4) is 0 Å². The maximum atomic E-state index is 13.7. The molecule has 0 atom stereocenters. The number of pyridine rings is 1. The highest BCUT2D eigenvalue weighted by Gasteiger charge is 2.18. The molecule has 0 bridgehead atoms. The van der Waals surface area contributed by atoms with Gasteiger partial charge in [-0.25, -0.2) is 8.78 Å². The van der Waals surface area contributed by atoms with Crippen LogP contribution >= 0.6 is 0 Å². The third-order valence-electron chi connectivity index (χ3n) is 4.63. The molecule has 0 saturated heterocycles. The molecule has 2 N–H and O–H groups in total. The number of hydrogen-bond donors (Lipinski definition) is 2. The second kappa shape index (κ2) is 8.70. The zero-order valence-electron chi connectivity index (χ0n) is 14.8. The lowest BCUT2D eigenvalue weighted by Crippen LogP contribution is -2.34. The van der Waals surface area contributed by atoms with Gasteiger partial charge in [0.2, 0.25) is 0 Å². The van der Waals surface area contributed by atoms with E-state index < -0.39 is 17.5 Å². The molecule has 1 aliphatic rings. The van der Waals surface area contributed by atoms with Crippen molar-refractivity contribution in [3.8, 4) is 0 Å². The van der Waals surface area contributed by atoms with E-state index in [2.05, 4.69) is 15.6 Å². The van der Waals surface area contributed by atoms with Crippen molar-refractivity contribution >= 4 is 17.5 Å². The fraction of sp³-hybridized carbons (Fsp3) is 0.350. The molecule has 2 amide bonds. The van der Waals surface area contributed by atoms with E-state index in [0.29, 0.717) is 6.07 Å². The molecule has 1 aromatic heterocycles. The van der Waals surface area contributed by atoms with Gasteiger partial charge in [-0.05, 0) is 31.0 Å². The average Bonchev–Trinajstić information content (AvgIpc) is 2.92. The third kappa shape index (κ3) is 5.09. The monoisotopic (exact) mass is 373 g/mol. The maximum absolute atomic E-state index is 13.7. The molecule has 5 nitrogen and oxygen atoms in total. The summed E-state index contributed by atoms with van der Waals surface area (Å²) in [5, 5.41) is 5.35. The molecule has 0 spiro atoms. The van der Waals surface area contributed by atoms with Crippen LogP contribution in [0.25, 0.3) is 0 Å². The number of nitrogens with zero attached hydrogens (tertiary/aromatic N) is 1. The van der Waals surface area contributed by atoms with Crippen molar-refractivity contribution in [1.82, 2.24) is 10.3 Å². The van der Waals surface area contributed by atoms with E-state index in [1.165, 1.54) is 31.3 Å². The minimum atomic E-state index is -0.876. The van der Waals surface area contributed by atoms with E-state index in [1.54, 1.807) is 0 Å². The van der Waals surface area contributed by atoms with Crippen molar-refractivity contribution in [3.63, 3.8) is 0 Å². The van der Waals surface area contributed by atoms with Crippen molar-refractivity contribution in [2.24, 2.45) is 0 Å². The first-order chi connectivity index (χ1) is 13.0. The summed E-state index contributed by atoms with van der Waals surface area (Å²) in [6, 6.07) is 4.41. The SMILES string of the molecule is O=C(Nc1ccc(F)cc1F)c1cncc(C(=O)NC2CCCCCC2)c1. The zero-order chi connectivity index (χ0) is 19.2. The van der Waals surface area contributed by atoms with Crippen LogP contribution in [-0.2, 0) is 0 Å². The van der Waals surface area contributed by atoms with E-state index in [0.717, 1.165) is 37.8 Å². The molecule has 1 fully saturated rings. The Labute approximate surface area is 156 Å². The molecule has 1 saturated carbocycles. The Morgan fingerprint density at radius 2 is 1.59 bits per heavy atom. The van der Waals surface area contributed by atoms with E-state index in [-0.39, 0.29) is 28.8 Å². The van der Waals surface area contributed by atoms with Crippen LogP contribution in [0.4, 0.5) is 14.5 Å². The number of benzene rings is 1. The van der Waals surface area contributed by atoms with Gasteiger partial charge < -0.3 is 10.6 Å². The fourth-order valence-electron chi connectivity index (χ4n) is 3.17. The molecular formula is C20H21F2N3O2. The van der Waals surface area contributed by atoms with Crippen LogP contribution in [0.5, 0.6) is 0 Å². The molecule has 7 heteroatoms. The number of carbonyl (C=O) groups excluding carboxylic acids is 2. The highest BCUT2D eigenvalue weighted by molar-refractivity contribution is 6.05. The van der Waals surface area contributed by atoms with Gasteiger partial charge in [-0.2, -0.15) is 0 Å². The molecule has 1 aromatic carbocycles. The Balaban J connectivity index is 1.68. The fourth-order valence-corrected chi connectivity index (χ4v) is 3.17. The minimum Gasteiger partial charge on any atom is -0.349 e. The van der Waals surface area contributed by atoms with Crippen LogP contribution in [0.15, 0.2) is 36.7 Å². The van der Waals surface area contributed by atoms with E-state index in [4.69, 9.17) is 0 Å². The van der Waals surface area contributed by atoms with Gasteiger partial charge in [-0.15, -0.1) is 0 Å². The summed E-state index contributed by atoms with van der Waals surface area (Å²) in [6.07, 6.45) is 9.13. The lowest BCUT2D eigenvalue weighted by atomic mass is 10.1. The van der Waals surface area contributed by atoms with Gasteiger partial charge in [0.05, 0.1) is 16.8 Å². The van der Waals surface area contributed by atoms with Crippen molar-refractivity contribution in [2.45, 2.75) is 44.6 Å². The Bertz CT molecular complexity index is 834. The lowest BCUT2D eigenvalue weighted by Gasteiger charge is -2.16. The second-order valence-corrected chi connectivity index (χ2v) is 6.70. The van der Waals surface area contributed by atoms with E-state index in [9.17, 15) is 18.4 Å². The molecule has 142 valence electrons. The number of halogens is 2. The van der Waals surface area contributed by atoms with Crippen molar-refractivity contribution in [2.75, 3.05) is 5.32 Å². The summed E-state index contributed by atoms with van der Waals surface area (Å²) >= 11 is 0. The number of carbonyl (C=O) groups is 2. The first-order valence-corrected chi connectivity index (χ1v) is 9.05. The first kappa shape index (κ1) is 18.9. The normalized spacial score (nSPS) is 15.0. The number of nitrogens with one attached hydrogen (secondary N) is 2. The molecule has 0 radical (unpaired) electrons. The molecule has 0 aliphatic heterocycles. The Kier molecular flexibility index (Phi) is 6.11. The Hall–Kier alpha value is -2.83. The van der Waals surface area contributed by atoms with Gasteiger partial charge in [0.1, 0.15) is 11.6 Å². The van der Waals surface area contributed by atoms with E-state index in [1.807, 2.05) is 0 Å². The summed E-state index contributed by atoms with van der Waals surface area (Å²) in [7, 11) is 0. The number of anilines is 1. The quantitative estimate of drug-likeness (QED) is 0.794. The molecular weight excluding hydrogens is 352 g/mol. The van der Waals surface area contributed by atoms with Crippen LogP contribution in [0, 0.1) is 11.6 Å². The highest BCUT2D eigenvalue weighted by atomic mass is 19.1. The summed E-state index contributed by atoms with van der Waals surface area (Å²) in [4.78, 5) is 28.7. The summed E-state index contributed by atoms with van der Waals surface area (Å²) in [5.41, 5.74) is 0.244. The summed E-state index contributed by atoms with van der Waals surface area (Å²) in [6.45, 7) is 0. The predicted molar refractivity (Wildman–Crippen MR) is 97.5 cm³/mol. The van der Waals surface area contributed by atoms with Crippen molar-refractivity contribution in [3.05, 3.63) is 59.4 Å². The van der Waals surface area contributed by atoms with Crippen LogP contribution in [0.1, 0.15) is 59.2 Å². The minimum absolute atomic E-state index is 0.118. The van der Waals surface area contributed by atoms with Crippen molar-refractivity contribution < 1.29 is 18.4 Å². The molecule has 3 rings (SSSR count). The largest absolute Gasteiger partial charge is 0.349 e. The Morgan fingerprint density at radius 3 is 2.26 bits per heavy atom. The molecule has 27 heavy (non-hydrogen) atoms. The van der Waals surface area contributed by atoms with E-state index >= 15 is 0 Å². The van der Waals surface area contributed by atoms with Gasteiger partial charge in [0.25, 0.3) is 11.8 Å². The lowest BCUT2D eigenvalue weighted by molar-refractivity contribution is 0.0933. The molecule has 2 aromatic rings.